The van der Waals surface area contributed by atoms with E-state index in [1.807, 2.05) is 0 Å². The van der Waals surface area contributed by atoms with Crippen molar-refractivity contribution >= 4 is 32.0 Å². The molecule has 1 aliphatic heterocycles. The van der Waals surface area contributed by atoms with Crippen molar-refractivity contribution in [2.45, 2.75) is 30.3 Å². The molecule has 3 fully saturated rings. The summed E-state index contributed by atoms with van der Waals surface area (Å²) in [6, 6.07) is 0. The lowest BCUT2D eigenvalue weighted by Gasteiger charge is -2.24. The summed E-state index contributed by atoms with van der Waals surface area (Å²) >= 11 is 3.02. The van der Waals surface area contributed by atoms with Crippen LogP contribution >= 0.6 is 15.9 Å². The van der Waals surface area contributed by atoms with Gasteiger partial charge >= 0.3 is 5.97 Å². The van der Waals surface area contributed by atoms with Crippen molar-refractivity contribution in [1.82, 2.24) is 0 Å². The molecule has 1 saturated heterocycles. The van der Waals surface area contributed by atoms with E-state index in [9.17, 15) is 13.2 Å². The highest BCUT2D eigenvalue weighted by atomic mass is 79.9. The quantitative estimate of drug-likeness (QED) is 0.420. The van der Waals surface area contributed by atoms with Crippen molar-refractivity contribution in [3.63, 3.8) is 0 Å². The third-order valence-electron chi connectivity index (χ3n) is 3.79. The van der Waals surface area contributed by atoms with Crippen LogP contribution in [-0.4, -0.2) is 37.2 Å². The predicted octanol–water partition coefficient (Wildman–Crippen LogP) is 0.430. The highest BCUT2D eigenvalue weighted by Crippen LogP contribution is 2.55. The van der Waals surface area contributed by atoms with Crippen LogP contribution in [0.3, 0.4) is 0 Å². The number of carbonyl (C=O) groups is 1. The SMILES string of the molecule is O=C(CBr)OC1C2CC3C1OS(=O)(=O)C3C2. The van der Waals surface area contributed by atoms with Crippen molar-refractivity contribution in [1.29, 1.82) is 0 Å². The molecule has 90 valence electrons. The Kier molecular flexibility index (Phi) is 2.35. The molecule has 5 atom stereocenters. The fourth-order valence-corrected chi connectivity index (χ4v) is 5.24. The molecule has 5 unspecified atom stereocenters. The second-order valence-corrected chi connectivity index (χ2v) is 6.92. The van der Waals surface area contributed by atoms with Crippen LogP contribution in [0.15, 0.2) is 0 Å². The lowest BCUT2D eigenvalue weighted by atomic mass is 9.94. The molecule has 2 saturated carbocycles. The van der Waals surface area contributed by atoms with Crippen LogP contribution in [0.1, 0.15) is 12.8 Å². The van der Waals surface area contributed by atoms with Gasteiger partial charge in [-0.15, -0.1) is 0 Å². The molecule has 3 aliphatic rings. The van der Waals surface area contributed by atoms with Crippen molar-refractivity contribution in [2.75, 3.05) is 5.33 Å². The number of ether oxygens (including phenoxy) is 1. The number of hydrogen-bond donors (Lipinski definition) is 0. The summed E-state index contributed by atoms with van der Waals surface area (Å²) in [5.74, 6) is -0.176. The molecule has 0 radical (unpaired) electrons. The Morgan fingerprint density at radius 2 is 2.19 bits per heavy atom. The number of rotatable bonds is 2. The molecule has 0 aromatic heterocycles. The van der Waals surface area contributed by atoms with Gasteiger partial charge in [0.05, 0.1) is 5.25 Å². The highest BCUT2D eigenvalue weighted by Gasteiger charge is 2.65. The average Bonchev–Trinajstić information content (AvgIpc) is 2.81. The molecule has 16 heavy (non-hydrogen) atoms. The van der Waals surface area contributed by atoms with E-state index in [1.165, 1.54) is 0 Å². The van der Waals surface area contributed by atoms with Crippen LogP contribution in [0.2, 0.25) is 0 Å². The van der Waals surface area contributed by atoms with Crippen LogP contribution < -0.4 is 0 Å². The minimum absolute atomic E-state index is 0.0307. The molecule has 1 heterocycles. The second kappa shape index (κ2) is 3.43. The van der Waals surface area contributed by atoms with E-state index in [4.69, 9.17) is 8.92 Å². The number of esters is 1. The largest absolute Gasteiger partial charge is 0.459 e. The Morgan fingerprint density at radius 3 is 2.88 bits per heavy atom. The topological polar surface area (TPSA) is 69.7 Å². The maximum absolute atomic E-state index is 11.6. The summed E-state index contributed by atoms with van der Waals surface area (Å²) in [5.41, 5.74) is 0. The summed E-state index contributed by atoms with van der Waals surface area (Å²) in [5, 5.41) is -0.231. The molecule has 2 bridgehead atoms. The number of carbonyl (C=O) groups excluding carboxylic acids is 1. The van der Waals surface area contributed by atoms with Gasteiger partial charge in [0.2, 0.25) is 0 Å². The van der Waals surface area contributed by atoms with Gasteiger partial charge < -0.3 is 4.74 Å². The van der Waals surface area contributed by atoms with Gasteiger partial charge in [0, 0.05) is 11.8 Å². The minimum Gasteiger partial charge on any atom is -0.459 e. The summed E-state index contributed by atoms with van der Waals surface area (Å²) in [6.07, 6.45) is 0.568. The Bertz CT molecular complexity index is 433. The Morgan fingerprint density at radius 1 is 1.44 bits per heavy atom. The lowest BCUT2D eigenvalue weighted by Crippen LogP contribution is -2.37. The molecule has 0 aromatic rings. The van der Waals surface area contributed by atoms with Crippen molar-refractivity contribution in [2.24, 2.45) is 11.8 Å². The first kappa shape index (κ1) is 11.0. The Balaban J connectivity index is 1.84. The number of alkyl halides is 1. The molecule has 0 N–H and O–H groups in total. The summed E-state index contributed by atoms with van der Waals surface area (Å²) in [6.45, 7) is 0. The van der Waals surface area contributed by atoms with E-state index in [1.54, 1.807) is 0 Å². The zero-order chi connectivity index (χ0) is 11.5. The predicted molar refractivity (Wildman–Crippen MR) is 57.5 cm³/mol. The van der Waals surface area contributed by atoms with Gasteiger partial charge in [-0.1, -0.05) is 15.9 Å². The molecular formula is C9H11BrO5S. The highest BCUT2D eigenvalue weighted by molar-refractivity contribution is 9.09. The maximum atomic E-state index is 11.6. The smallest absolute Gasteiger partial charge is 0.316 e. The fourth-order valence-electron chi connectivity index (χ4n) is 3.23. The molecule has 0 spiro atoms. The van der Waals surface area contributed by atoms with E-state index in [-0.39, 0.29) is 34.5 Å². The molecule has 0 amide bonds. The Labute approximate surface area is 102 Å². The van der Waals surface area contributed by atoms with Crippen molar-refractivity contribution in [3.05, 3.63) is 0 Å². The maximum Gasteiger partial charge on any atom is 0.316 e. The monoisotopic (exact) mass is 310 g/mol. The average molecular weight is 311 g/mol. The van der Waals surface area contributed by atoms with Gasteiger partial charge in [0.25, 0.3) is 10.1 Å². The van der Waals surface area contributed by atoms with Gasteiger partial charge in [0.1, 0.15) is 17.5 Å². The van der Waals surface area contributed by atoms with Crippen LogP contribution in [0.25, 0.3) is 0 Å². The fraction of sp³-hybridized carbons (Fsp3) is 0.889. The standard InChI is InChI=1S/C9H11BrO5S/c10-3-7(11)14-8-4-1-5-6(2-4)16(12,13)15-9(5)8/h4-6,8-9H,1-3H2. The Hall–Kier alpha value is -0.140. The summed E-state index contributed by atoms with van der Waals surface area (Å²) in [7, 11) is -3.41. The van der Waals surface area contributed by atoms with E-state index in [0.717, 1.165) is 6.42 Å². The summed E-state index contributed by atoms with van der Waals surface area (Å²) in [4.78, 5) is 11.2. The van der Waals surface area contributed by atoms with E-state index < -0.39 is 16.2 Å². The first-order valence-corrected chi connectivity index (χ1v) is 7.80. The zero-order valence-corrected chi connectivity index (χ0v) is 10.7. The van der Waals surface area contributed by atoms with Crippen LogP contribution in [0.5, 0.6) is 0 Å². The number of fused-ring (bicyclic) bond motifs is 1. The molecule has 3 rings (SSSR count). The molecular weight excluding hydrogens is 300 g/mol. The first-order chi connectivity index (χ1) is 7.53. The lowest BCUT2D eigenvalue weighted by molar-refractivity contribution is -0.152. The number of hydrogen-bond acceptors (Lipinski definition) is 5. The molecule has 2 aliphatic carbocycles. The second-order valence-electron chi connectivity index (χ2n) is 4.58. The van der Waals surface area contributed by atoms with Gasteiger partial charge in [0.15, 0.2) is 0 Å². The van der Waals surface area contributed by atoms with E-state index in [2.05, 4.69) is 15.9 Å². The van der Waals surface area contributed by atoms with Crippen LogP contribution in [-0.2, 0) is 23.8 Å². The van der Waals surface area contributed by atoms with Crippen molar-refractivity contribution < 1.29 is 22.1 Å². The van der Waals surface area contributed by atoms with Gasteiger partial charge in [-0.3, -0.25) is 8.98 Å². The minimum atomic E-state index is -3.41. The van der Waals surface area contributed by atoms with Crippen LogP contribution in [0.4, 0.5) is 0 Å². The summed E-state index contributed by atoms with van der Waals surface area (Å²) < 4.78 is 33.5. The van der Waals surface area contributed by atoms with Gasteiger partial charge in [-0.05, 0) is 12.8 Å². The van der Waals surface area contributed by atoms with Gasteiger partial charge in [-0.25, -0.2) is 0 Å². The third kappa shape index (κ3) is 1.37. The normalized spacial score (nSPS) is 47.2. The van der Waals surface area contributed by atoms with E-state index in [0.29, 0.717) is 6.42 Å². The third-order valence-corrected chi connectivity index (χ3v) is 6.02. The number of halogens is 1. The van der Waals surface area contributed by atoms with Crippen molar-refractivity contribution in [3.8, 4) is 0 Å². The zero-order valence-electron chi connectivity index (χ0n) is 8.34. The van der Waals surface area contributed by atoms with E-state index >= 15 is 0 Å². The molecule has 5 nitrogen and oxygen atoms in total. The first-order valence-electron chi connectivity index (χ1n) is 5.20. The molecule has 0 aromatic carbocycles. The van der Waals surface area contributed by atoms with Gasteiger partial charge in [-0.2, -0.15) is 8.42 Å². The molecule has 7 heteroatoms. The van der Waals surface area contributed by atoms with Crippen LogP contribution in [0, 0.1) is 11.8 Å².